The minimum atomic E-state index is -3.40. The van der Waals surface area contributed by atoms with E-state index in [0.717, 1.165) is 18.5 Å². The van der Waals surface area contributed by atoms with E-state index in [1.54, 1.807) is 0 Å². The molecule has 0 unspecified atom stereocenters. The maximum absolute atomic E-state index is 11.1. The van der Waals surface area contributed by atoms with Crippen molar-refractivity contribution in [1.82, 2.24) is 4.98 Å². The highest BCUT2D eigenvalue weighted by molar-refractivity contribution is 7.90. The second-order valence-electron chi connectivity index (χ2n) is 2.88. The number of nitrogens with zero attached hydrogens (tertiary/aromatic N) is 1. The number of carboxylic acids is 1. The summed E-state index contributed by atoms with van der Waals surface area (Å²) in [6.07, 6.45) is 2.15. The lowest BCUT2D eigenvalue weighted by molar-refractivity contribution is 0.0695. The molecular formula is C8H9NO4S. The third kappa shape index (κ3) is 2.08. The van der Waals surface area contributed by atoms with Crippen molar-refractivity contribution in [3.05, 3.63) is 23.5 Å². The molecule has 0 saturated carbocycles. The number of aromatic nitrogens is 1. The van der Waals surface area contributed by atoms with Crippen molar-refractivity contribution in [2.45, 2.75) is 11.8 Å². The number of carboxylic acid groups (broad SMARTS) is 1. The van der Waals surface area contributed by atoms with Crippen LogP contribution < -0.4 is 0 Å². The molecule has 5 nitrogen and oxygen atoms in total. The highest BCUT2D eigenvalue weighted by Crippen LogP contribution is 2.12. The molecule has 1 N–H and O–H groups in total. The van der Waals surface area contributed by atoms with Crippen molar-refractivity contribution >= 4 is 15.8 Å². The Labute approximate surface area is 81.3 Å². The number of hydrogen-bond donors (Lipinski definition) is 1. The number of pyridine rings is 1. The molecule has 0 aliphatic heterocycles. The molecule has 76 valence electrons. The van der Waals surface area contributed by atoms with E-state index in [-0.39, 0.29) is 10.5 Å². The molecule has 0 aliphatic carbocycles. The van der Waals surface area contributed by atoms with Crippen LogP contribution in [-0.4, -0.2) is 30.7 Å². The number of carbonyl (C=O) groups is 1. The predicted octanol–water partition coefficient (Wildman–Crippen LogP) is 0.492. The predicted molar refractivity (Wildman–Crippen MR) is 49.0 cm³/mol. The standard InChI is InChI=1S/C8H9NO4S/c1-5-7(8(10)11)3-6(4-9-5)14(2,12)13/h3-4H,1-2H3,(H,10,11). The van der Waals surface area contributed by atoms with E-state index in [0.29, 0.717) is 5.69 Å². The molecule has 0 radical (unpaired) electrons. The first-order chi connectivity index (χ1) is 6.32. The minimum absolute atomic E-state index is 0.0829. The summed E-state index contributed by atoms with van der Waals surface area (Å²) in [6, 6.07) is 1.11. The first kappa shape index (κ1) is 10.6. The van der Waals surface area contributed by atoms with Crippen LogP contribution in [0.2, 0.25) is 0 Å². The van der Waals surface area contributed by atoms with E-state index >= 15 is 0 Å². The molecular weight excluding hydrogens is 206 g/mol. The van der Waals surface area contributed by atoms with E-state index in [2.05, 4.69) is 4.98 Å². The lowest BCUT2D eigenvalue weighted by Gasteiger charge is -2.02. The molecule has 1 aromatic heterocycles. The molecule has 1 rings (SSSR count). The van der Waals surface area contributed by atoms with Crippen molar-refractivity contribution in [2.75, 3.05) is 6.26 Å². The van der Waals surface area contributed by atoms with Crippen molar-refractivity contribution in [2.24, 2.45) is 0 Å². The minimum Gasteiger partial charge on any atom is -0.478 e. The SMILES string of the molecule is Cc1ncc(S(C)(=O)=O)cc1C(=O)O. The number of aromatic carboxylic acids is 1. The highest BCUT2D eigenvalue weighted by atomic mass is 32.2. The van der Waals surface area contributed by atoms with Gasteiger partial charge in [0, 0.05) is 12.5 Å². The number of rotatable bonds is 2. The van der Waals surface area contributed by atoms with Gasteiger partial charge in [-0.05, 0) is 13.0 Å². The van der Waals surface area contributed by atoms with Crippen LogP contribution in [0.3, 0.4) is 0 Å². The highest BCUT2D eigenvalue weighted by Gasteiger charge is 2.14. The molecule has 0 atom stereocenters. The molecule has 0 aromatic carbocycles. The van der Waals surface area contributed by atoms with Gasteiger partial charge in [0.2, 0.25) is 0 Å². The van der Waals surface area contributed by atoms with Crippen molar-refractivity contribution in [3.63, 3.8) is 0 Å². The summed E-state index contributed by atoms with van der Waals surface area (Å²) in [7, 11) is -3.40. The van der Waals surface area contributed by atoms with Gasteiger partial charge in [-0.25, -0.2) is 13.2 Å². The normalized spacial score (nSPS) is 11.3. The Morgan fingerprint density at radius 2 is 2.07 bits per heavy atom. The maximum Gasteiger partial charge on any atom is 0.337 e. The Morgan fingerprint density at radius 3 is 2.50 bits per heavy atom. The molecule has 0 bridgehead atoms. The molecule has 1 heterocycles. The summed E-state index contributed by atoms with van der Waals surface area (Å²) in [4.78, 5) is 14.3. The Balaban J connectivity index is 3.42. The van der Waals surface area contributed by atoms with Crippen LogP contribution in [0.1, 0.15) is 16.1 Å². The summed E-state index contributed by atoms with van der Waals surface area (Å²) in [5.41, 5.74) is 0.206. The fourth-order valence-electron chi connectivity index (χ4n) is 0.933. The first-order valence-corrected chi connectivity index (χ1v) is 5.61. The van der Waals surface area contributed by atoms with Gasteiger partial charge in [0.05, 0.1) is 16.2 Å². The Bertz CT molecular complexity index is 478. The Hall–Kier alpha value is -1.43. The van der Waals surface area contributed by atoms with Crippen LogP contribution in [0.15, 0.2) is 17.2 Å². The second kappa shape index (κ2) is 3.38. The smallest absolute Gasteiger partial charge is 0.337 e. The van der Waals surface area contributed by atoms with Gasteiger partial charge in [-0.3, -0.25) is 4.98 Å². The van der Waals surface area contributed by atoms with Crippen LogP contribution in [0, 0.1) is 6.92 Å². The lowest BCUT2D eigenvalue weighted by Crippen LogP contribution is -2.06. The molecule has 6 heteroatoms. The van der Waals surface area contributed by atoms with Crippen molar-refractivity contribution in [3.8, 4) is 0 Å². The van der Waals surface area contributed by atoms with Gasteiger partial charge in [-0.2, -0.15) is 0 Å². The Morgan fingerprint density at radius 1 is 1.50 bits per heavy atom. The third-order valence-electron chi connectivity index (χ3n) is 1.72. The van der Waals surface area contributed by atoms with Crippen LogP contribution in [0.4, 0.5) is 0 Å². The largest absolute Gasteiger partial charge is 0.478 e. The summed E-state index contributed by atoms with van der Waals surface area (Å²) in [5, 5.41) is 8.72. The molecule has 0 fully saturated rings. The first-order valence-electron chi connectivity index (χ1n) is 3.72. The third-order valence-corrected chi connectivity index (χ3v) is 2.80. The van der Waals surface area contributed by atoms with Gasteiger partial charge in [0.1, 0.15) is 0 Å². The molecule has 0 saturated heterocycles. The van der Waals surface area contributed by atoms with E-state index in [9.17, 15) is 13.2 Å². The topological polar surface area (TPSA) is 84.3 Å². The van der Waals surface area contributed by atoms with Gasteiger partial charge in [0.15, 0.2) is 9.84 Å². The van der Waals surface area contributed by atoms with Crippen molar-refractivity contribution < 1.29 is 18.3 Å². The summed E-state index contributed by atoms with van der Waals surface area (Å²) in [5.74, 6) is -1.18. The molecule has 0 spiro atoms. The molecule has 14 heavy (non-hydrogen) atoms. The second-order valence-corrected chi connectivity index (χ2v) is 4.90. The molecule has 0 amide bonds. The Kier molecular flexibility index (Phi) is 2.57. The zero-order valence-corrected chi connectivity index (χ0v) is 8.50. The van der Waals surface area contributed by atoms with Gasteiger partial charge in [-0.15, -0.1) is 0 Å². The fraction of sp³-hybridized carbons (Fsp3) is 0.250. The average Bonchev–Trinajstić information content (AvgIpc) is 2.02. The summed E-state index contributed by atoms with van der Waals surface area (Å²) in [6.45, 7) is 1.51. The van der Waals surface area contributed by atoms with E-state index in [1.165, 1.54) is 6.92 Å². The zero-order valence-electron chi connectivity index (χ0n) is 7.68. The lowest BCUT2D eigenvalue weighted by atomic mass is 10.2. The van der Waals surface area contributed by atoms with Crippen molar-refractivity contribution in [1.29, 1.82) is 0 Å². The molecule has 0 aliphatic rings. The van der Waals surface area contributed by atoms with Crippen LogP contribution in [-0.2, 0) is 9.84 Å². The van der Waals surface area contributed by atoms with Crippen LogP contribution in [0.5, 0.6) is 0 Å². The number of sulfone groups is 1. The average molecular weight is 215 g/mol. The van der Waals surface area contributed by atoms with Gasteiger partial charge in [0.25, 0.3) is 0 Å². The van der Waals surface area contributed by atoms with Gasteiger partial charge in [-0.1, -0.05) is 0 Å². The van der Waals surface area contributed by atoms with Crippen LogP contribution in [0.25, 0.3) is 0 Å². The van der Waals surface area contributed by atoms with Gasteiger partial charge < -0.3 is 5.11 Å². The summed E-state index contributed by atoms with van der Waals surface area (Å²) < 4.78 is 22.2. The maximum atomic E-state index is 11.1. The van der Waals surface area contributed by atoms with Gasteiger partial charge >= 0.3 is 5.97 Å². The quantitative estimate of drug-likeness (QED) is 0.776. The number of hydrogen-bond acceptors (Lipinski definition) is 4. The monoisotopic (exact) mass is 215 g/mol. The van der Waals surface area contributed by atoms with E-state index in [4.69, 9.17) is 5.11 Å². The fourth-order valence-corrected chi connectivity index (χ4v) is 1.51. The van der Waals surface area contributed by atoms with E-state index in [1.807, 2.05) is 0 Å². The van der Waals surface area contributed by atoms with Crippen LogP contribution >= 0.6 is 0 Å². The van der Waals surface area contributed by atoms with E-state index < -0.39 is 15.8 Å². The number of aryl methyl sites for hydroxylation is 1. The zero-order chi connectivity index (χ0) is 10.9. The summed E-state index contributed by atoms with van der Waals surface area (Å²) >= 11 is 0. The molecule has 1 aromatic rings.